The first kappa shape index (κ1) is 19.1. The largest absolute Gasteiger partial charge is 0.488 e. The Morgan fingerprint density at radius 2 is 1.87 bits per heavy atom. The van der Waals surface area contributed by atoms with Gasteiger partial charge in [0.1, 0.15) is 24.6 Å². The molecule has 0 spiro atoms. The number of ether oxygens (including phenoxy) is 3. The maximum absolute atomic E-state index is 11.5. The van der Waals surface area contributed by atoms with Gasteiger partial charge in [-0.1, -0.05) is 23.7 Å². The van der Waals surface area contributed by atoms with Crippen LogP contribution >= 0.6 is 11.6 Å². The molecule has 128 valence electrons. The molecule has 0 radical (unpaired) electrons. The van der Waals surface area contributed by atoms with Crippen LogP contribution in [0.25, 0.3) is 0 Å². The SMILES string of the molecule is CC(C)(C)OC(=O)NCCC(=O)OCCOc1ccccc1Cl. The summed E-state index contributed by atoms with van der Waals surface area (Å²) in [5, 5.41) is 2.98. The van der Waals surface area contributed by atoms with Crippen LogP contribution in [0.2, 0.25) is 5.02 Å². The van der Waals surface area contributed by atoms with Crippen LogP contribution in [0.4, 0.5) is 4.79 Å². The van der Waals surface area contributed by atoms with Crippen molar-refractivity contribution >= 4 is 23.7 Å². The highest BCUT2D eigenvalue weighted by molar-refractivity contribution is 6.32. The van der Waals surface area contributed by atoms with E-state index in [4.69, 9.17) is 25.8 Å². The summed E-state index contributed by atoms with van der Waals surface area (Å²) in [7, 11) is 0. The van der Waals surface area contributed by atoms with Crippen molar-refractivity contribution in [3.63, 3.8) is 0 Å². The van der Waals surface area contributed by atoms with E-state index in [1.807, 2.05) is 0 Å². The molecule has 1 rings (SSSR count). The fraction of sp³-hybridized carbons (Fsp3) is 0.500. The zero-order valence-corrected chi connectivity index (χ0v) is 14.3. The van der Waals surface area contributed by atoms with E-state index in [-0.39, 0.29) is 26.2 Å². The monoisotopic (exact) mass is 343 g/mol. The first-order chi connectivity index (χ1) is 10.8. The second-order valence-corrected chi connectivity index (χ2v) is 6.09. The van der Waals surface area contributed by atoms with Gasteiger partial charge in [-0.15, -0.1) is 0 Å². The van der Waals surface area contributed by atoms with Crippen LogP contribution < -0.4 is 10.1 Å². The Bertz CT molecular complexity index is 527. The van der Waals surface area contributed by atoms with E-state index in [0.29, 0.717) is 10.8 Å². The van der Waals surface area contributed by atoms with Gasteiger partial charge in [0.15, 0.2) is 0 Å². The molecule has 0 aliphatic rings. The molecule has 0 aliphatic carbocycles. The minimum absolute atomic E-state index is 0.0608. The second kappa shape index (κ2) is 9.25. The number of amides is 1. The third-order valence-corrected chi connectivity index (χ3v) is 2.75. The van der Waals surface area contributed by atoms with Gasteiger partial charge in [-0.2, -0.15) is 0 Å². The van der Waals surface area contributed by atoms with Gasteiger partial charge in [-0.05, 0) is 32.9 Å². The van der Waals surface area contributed by atoms with Gasteiger partial charge in [0.05, 0.1) is 11.4 Å². The number of benzene rings is 1. The molecule has 7 heteroatoms. The number of carbonyl (C=O) groups excluding carboxylic acids is 2. The molecule has 0 saturated carbocycles. The Hall–Kier alpha value is -1.95. The molecule has 0 aliphatic heterocycles. The second-order valence-electron chi connectivity index (χ2n) is 5.68. The summed E-state index contributed by atoms with van der Waals surface area (Å²) in [5.74, 6) is 0.112. The van der Waals surface area contributed by atoms with Gasteiger partial charge in [0.2, 0.25) is 0 Å². The van der Waals surface area contributed by atoms with E-state index in [1.54, 1.807) is 45.0 Å². The molecule has 0 atom stereocenters. The van der Waals surface area contributed by atoms with Crippen molar-refractivity contribution in [2.24, 2.45) is 0 Å². The number of rotatable bonds is 7. The minimum Gasteiger partial charge on any atom is -0.488 e. The lowest BCUT2D eigenvalue weighted by molar-refractivity contribution is -0.144. The third kappa shape index (κ3) is 8.93. The molecule has 1 aromatic carbocycles. The first-order valence-corrected chi connectivity index (χ1v) is 7.65. The molecule has 1 amide bonds. The van der Waals surface area contributed by atoms with E-state index < -0.39 is 17.7 Å². The maximum Gasteiger partial charge on any atom is 0.407 e. The fourth-order valence-electron chi connectivity index (χ4n) is 1.52. The number of para-hydroxylation sites is 1. The molecular formula is C16H22ClNO5. The van der Waals surface area contributed by atoms with Crippen LogP contribution in [0.5, 0.6) is 5.75 Å². The molecule has 0 heterocycles. The smallest absolute Gasteiger partial charge is 0.407 e. The third-order valence-electron chi connectivity index (χ3n) is 2.44. The summed E-state index contributed by atoms with van der Waals surface area (Å²) < 4.78 is 15.4. The maximum atomic E-state index is 11.5. The zero-order valence-electron chi connectivity index (χ0n) is 13.6. The lowest BCUT2D eigenvalue weighted by atomic mass is 10.2. The van der Waals surface area contributed by atoms with Crippen molar-refractivity contribution in [2.75, 3.05) is 19.8 Å². The Labute approximate surface area is 141 Å². The van der Waals surface area contributed by atoms with Crippen LogP contribution in [0.15, 0.2) is 24.3 Å². The van der Waals surface area contributed by atoms with Crippen molar-refractivity contribution in [3.8, 4) is 5.75 Å². The summed E-state index contributed by atoms with van der Waals surface area (Å²) in [4.78, 5) is 22.9. The molecule has 0 saturated heterocycles. The van der Waals surface area contributed by atoms with Gasteiger partial charge < -0.3 is 19.5 Å². The molecule has 0 aromatic heterocycles. The lowest BCUT2D eigenvalue weighted by Crippen LogP contribution is -2.33. The average Bonchev–Trinajstić information content (AvgIpc) is 2.43. The molecule has 0 bridgehead atoms. The van der Waals surface area contributed by atoms with Gasteiger partial charge in [0.25, 0.3) is 0 Å². The van der Waals surface area contributed by atoms with Crippen LogP contribution in [-0.2, 0) is 14.3 Å². The minimum atomic E-state index is -0.569. The van der Waals surface area contributed by atoms with Gasteiger partial charge >= 0.3 is 12.1 Å². The molecule has 1 N–H and O–H groups in total. The van der Waals surface area contributed by atoms with Crippen molar-refractivity contribution < 1.29 is 23.8 Å². The van der Waals surface area contributed by atoms with Crippen LogP contribution in [0.1, 0.15) is 27.2 Å². The van der Waals surface area contributed by atoms with E-state index in [0.717, 1.165) is 0 Å². The number of esters is 1. The number of alkyl carbamates (subject to hydrolysis) is 1. The lowest BCUT2D eigenvalue weighted by Gasteiger charge is -2.19. The van der Waals surface area contributed by atoms with E-state index in [2.05, 4.69) is 5.32 Å². The van der Waals surface area contributed by atoms with E-state index >= 15 is 0 Å². The highest BCUT2D eigenvalue weighted by Crippen LogP contribution is 2.22. The molecule has 0 unspecified atom stereocenters. The number of halogens is 1. The standard InChI is InChI=1S/C16H22ClNO5/c1-16(2,3)23-15(20)18-9-8-14(19)22-11-10-21-13-7-5-4-6-12(13)17/h4-7H,8-11H2,1-3H3,(H,18,20). The Morgan fingerprint density at radius 3 is 2.52 bits per heavy atom. The highest BCUT2D eigenvalue weighted by Gasteiger charge is 2.16. The number of hydrogen-bond acceptors (Lipinski definition) is 5. The van der Waals surface area contributed by atoms with Gasteiger partial charge in [0, 0.05) is 6.54 Å². The number of carbonyl (C=O) groups is 2. The van der Waals surface area contributed by atoms with Crippen LogP contribution in [0, 0.1) is 0 Å². The van der Waals surface area contributed by atoms with Gasteiger partial charge in [-0.25, -0.2) is 4.79 Å². The summed E-state index contributed by atoms with van der Waals surface area (Å²) in [6, 6.07) is 7.04. The summed E-state index contributed by atoms with van der Waals surface area (Å²) >= 11 is 5.92. The van der Waals surface area contributed by atoms with Crippen LogP contribution in [-0.4, -0.2) is 37.4 Å². The Balaban J connectivity index is 2.11. The Kier molecular flexibility index (Phi) is 7.68. The Morgan fingerprint density at radius 1 is 1.17 bits per heavy atom. The molecule has 1 aromatic rings. The normalized spacial score (nSPS) is 10.8. The first-order valence-electron chi connectivity index (χ1n) is 7.28. The predicted molar refractivity (Wildman–Crippen MR) is 86.8 cm³/mol. The molecular weight excluding hydrogens is 322 g/mol. The van der Waals surface area contributed by atoms with E-state index in [1.165, 1.54) is 0 Å². The topological polar surface area (TPSA) is 73.9 Å². The summed E-state index contributed by atoms with van der Waals surface area (Å²) in [6.45, 7) is 5.75. The fourth-order valence-corrected chi connectivity index (χ4v) is 1.71. The zero-order chi connectivity index (χ0) is 17.3. The van der Waals surface area contributed by atoms with Crippen molar-refractivity contribution in [3.05, 3.63) is 29.3 Å². The average molecular weight is 344 g/mol. The highest BCUT2D eigenvalue weighted by atomic mass is 35.5. The molecule has 6 nitrogen and oxygen atoms in total. The van der Waals surface area contributed by atoms with Crippen LogP contribution in [0.3, 0.4) is 0 Å². The van der Waals surface area contributed by atoms with E-state index in [9.17, 15) is 9.59 Å². The number of hydrogen-bond donors (Lipinski definition) is 1. The summed E-state index contributed by atoms with van der Waals surface area (Å²) in [6.07, 6.45) is -0.502. The van der Waals surface area contributed by atoms with Crippen molar-refractivity contribution in [1.82, 2.24) is 5.32 Å². The predicted octanol–water partition coefficient (Wildman–Crippen LogP) is 3.18. The quantitative estimate of drug-likeness (QED) is 0.608. The summed E-state index contributed by atoms with van der Waals surface area (Å²) in [5.41, 5.74) is -0.569. The van der Waals surface area contributed by atoms with Gasteiger partial charge in [-0.3, -0.25) is 4.79 Å². The van der Waals surface area contributed by atoms with Crippen molar-refractivity contribution in [2.45, 2.75) is 32.8 Å². The molecule has 0 fully saturated rings. The number of nitrogens with one attached hydrogen (secondary N) is 1. The molecule has 23 heavy (non-hydrogen) atoms. The van der Waals surface area contributed by atoms with Crippen molar-refractivity contribution in [1.29, 1.82) is 0 Å².